The molecule has 10 nitrogen and oxygen atoms in total. The van der Waals surface area contributed by atoms with Crippen LogP contribution in [0.25, 0.3) is 11.0 Å². The second-order valence-electron chi connectivity index (χ2n) is 9.55. The fraction of sp³-hybridized carbons (Fsp3) is 0.462. The number of carbonyl (C=O) groups excluding carboxylic acids is 2. The van der Waals surface area contributed by atoms with Crippen LogP contribution in [-0.4, -0.2) is 62.0 Å². The lowest BCUT2D eigenvalue weighted by Gasteiger charge is -2.30. The van der Waals surface area contributed by atoms with Crippen molar-refractivity contribution < 1.29 is 14.3 Å². The molecule has 194 valence electrons. The fourth-order valence-electron chi connectivity index (χ4n) is 4.69. The standard InChI is InChI=1S/C26H30BrN7O3/c1-3-19(17(12-18-13-28-15-33(18)2)14-37-25(36)16-4-5-16)24(35)34-11-10-31-26(34)32-20-6-7-21-23(22(20)27)30-9-8-29-21/h6-9,13,15-17,19H,3-5,10-12,14H2,1-2H3,(H,31,32)/t17-,19-/m0/s1. The SMILES string of the molecule is CC[C@H](C(=O)N1CCN=C1Nc1ccc2nccnc2c1Br)[C@H](COC(=O)C1CC1)Cc1cncn1C. The number of amides is 1. The van der Waals surface area contributed by atoms with Crippen molar-refractivity contribution in [1.82, 2.24) is 24.4 Å². The van der Waals surface area contributed by atoms with Crippen LogP contribution in [0.15, 0.2) is 46.5 Å². The third-order valence-corrected chi connectivity index (χ3v) is 7.80. The van der Waals surface area contributed by atoms with Gasteiger partial charge in [0.1, 0.15) is 5.52 Å². The van der Waals surface area contributed by atoms with Crippen molar-refractivity contribution in [2.75, 3.05) is 25.0 Å². The highest BCUT2D eigenvalue weighted by Crippen LogP contribution is 2.32. The number of carbonyl (C=O) groups is 2. The Bertz CT molecular complexity index is 1340. The van der Waals surface area contributed by atoms with E-state index in [1.165, 1.54) is 0 Å². The summed E-state index contributed by atoms with van der Waals surface area (Å²) >= 11 is 3.62. The number of hydrogen-bond acceptors (Lipinski definition) is 8. The zero-order valence-corrected chi connectivity index (χ0v) is 22.5. The predicted octanol–water partition coefficient (Wildman–Crippen LogP) is 3.57. The van der Waals surface area contributed by atoms with Gasteiger partial charge in [0.05, 0.1) is 41.1 Å². The first kappa shape index (κ1) is 25.3. The minimum absolute atomic E-state index is 0.0136. The van der Waals surface area contributed by atoms with E-state index in [0.717, 1.165) is 39.7 Å². The summed E-state index contributed by atoms with van der Waals surface area (Å²) in [6, 6.07) is 3.77. The van der Waals surface area contributed by atoms with Crippen LogP contribution in [-0.2, 0) is 27.8 Å². The number of esters is 1. The van der Waals surface area contributed by atoms with Crippen molar-refractivity contribution >= 4 is 50.5 Å². The van der Waals surface area contributed by atoms with Gasteiger partial charge in [0.25, 0.3) is 0 Å². The molecule has 0 unspecified atom stereocenters. The Balaban J connectivity index is 1.35. The highest BCUT2D eigenvalue weighted by Gasteiger charge is 2.37. The third kappa shape index (κ3) is 5.51. The van der Waals surface area contributed by atoms with E-state index >= 15 is 0 Å². The number of guanidine groups is 1. The molecule has 1 aliphatic heterocycles. The molecule has 1 amide bonds. The molecule has 1 saturated carbocycles. The zero-order chi connectivity index (χ0) is 25.9. The van der Waals surface area contributed by atoms with Crippen molar-refractivity contribution in [3.8, 4) is 0 Å². The van der Waals surface area contributed by atoms with Crippen LogP contribution >= 0.6 is 15.9 Å². The van der Waals surface area contributed by atoms with Gasteiger partial charge >= 0.3 is 5.97 Å². The molecule has 2 atom stereocenters. The van der Waals surface area contributed by atoms with Crippen molar-refractivity contribution in [2.24, 2.45) is 29.8 Å². The molecule has 3 heterocycles. The van der Waals surface area contributed by atoms with Gasteiger partial charge < -0.3 is 14.6 Å². The third-order valence-electron chi connectivity index (χ3n) is 7.00. The number of imidazole rings is 1. The Morgan fingerprint density at radius 3 is 2.78 bits per heavy atom. The monoisotopic (exact) mass is 567 g/mol. The van der Waals surface area contributed by atoms with Crippen LogP contribution in [0.4, 0.5) is 5.69 Å². The summed E-state index contributed by atoms with van der Waals surface area (Å²) in [7, 11) is 1.93. The smallest absolute Gasteiger partial charge is 0.308 e. The summed E-state index contributed by atoms with van der Waals surface area (Å²) in [5.74, 6) is -0.205. The van der Waals surface area contributed by atoms with E-state index in [1.807, 2.05) is 30.7 Å². The predicted molar refractivity (Wildman–Crippen MR) is 143 cm³/mol. The van der Waals surface area contributed by atoms with Crippen LogP contribution in [0.5, 0.6) is 0 Å². The molecular weight excluding hydrogens is 538 g/mol. The number of halogens is 1. The van der Waals surface area contributed by atoms with E-state index in [-0.39, 0.29) is 36.2 Å². The molecule has 5 rings (SSSR count). The van der Waals surface area contributed by atoms with Crippen LogP contribution < -0.4 is 5.32 Å². The number of fused-ring (bicyclic) bond motifs is 1. The molecule has 1 aromatic carbocycles. The number of nitrogens with one attached hydrogen (secondary N) is 1. The highest BCUT2D eigenvalue weighted by atomic mass is 79.9. The molecule has 11 heteroatoms. The second-order valence-corrected chi connectivity index (χ2v) is 10.3. The second kappa shape index (κ2) is 11.0. The first-order valence-electron chi connectivity index (χ1n) is 12.6. The average molecular weight is 568 g/mol. The summed E-state index contributed by atoms with van der Waals surface area (Å²) in [5.41, 5.74) is 3.24. The van der Waals surface area contributed by atoms with Crippen molar-refractivity contribution in [1.29, 1.82) is 0 Å². The van der Waals surface area contributed by atoms with Gasteiger partial charge in [-0.05, 0) is 53.7 Å². The first-order valence-corrected chi connectivity index (χ1v) is 13.4. The normalized spacial score (nSPS) is 16.9. The fourth-order valence-corrected chi connectivity index (χ4v) is 5.23. The average Bonchev–Trinajstić information content (AvgIpc) is 3.53. The molecule has 3 aromatic rings. The van der Waals surface area contributed by atoms with Crippen molar-refractivity contribution in [3.63, 3.8) is 0 Å². The van der Waals surface area contributed by atoms with Gasteiger partial charge in [-0.15, -0.1) is 0 Å². The number of aromatic nitrogens is 4. The first-order chi connectivity index (χ1) is 18.0. The largest absolute Gasteiger partial charge is 0.465 e. The van der Waals surface area contributed by atoms with E-state index in [1.54, 1.807) is 29.8 Å². The number of aliphatic imine (C=N–C) groups is 1. The molecule has 37 heavy (non-hydrogen) atoms. The Labute approximate surface area is 223 Å². The maximum absolute atomic E-state index is 13.9. The highest BCUT2D eigenvalue weighted by molar-refractivity contribution is 9.10. The summed E-state index contributed by atoms with van der Waals surface area (Å²) in [4.78, 5) is 45.5. The number of rotatable bonds is 9. The molecule has 0 bridgehead atoms. The summed E-state index contributed by atoms with van der Waals surface area (Å²) in [6.45, 7) is 3.20. The maximum Gasteiger partial charge on any atom is 0.308 e. The Morgan fingerprint density at radius 2 is 2.05 bits per heavy atom. The van der Waals surface area contributed by atoms with Crippen LogP contribution in [0.3, 0.4) is 0 Å². The van der Waals surface area contributed by atoms with E-state index < -0.39 is 0 Å². The van der Waals surface area contributed by atoms with Crippen LogP contribution in [0, 0.1) is 17.8 Å². The molecule has 1 N–H and O–H groups in total. The lowest BCUT2D eigenvalue weighted by Crippen LogP contribution is -2.45. The van der Waals surface area contributed by atoms with Gasteiger partial charge in [-0.2, -0.15) is 0 Å². The number of nitrogens with zero attached hydrogens (tertiary/aromatic N) is 6. The summed E-state index contributed by atoms with van der Waals surface area (Å²) in [5, 5.41) is 3.32. The molecule has 2 aromatic heterocycles. The molecule has 0 radical (unpaired) electrons. The zero-order valence-electron chi connectivity index (χ0n) is 20.9. The maximum atomic E-state index is 13.9. The van der Waals surface area contributed by atoms with Crippen LogP contribution in [0.2, 0.25) is 0 Å². The van der Waals surface area contributed by atoms with E-state index in [0.29, 0.717) is 31.9 Å². The molecule has 1 aliphatic carbocycles. The number of hydrogen-bond donors (Lipinski definition) is 1. The van der Waals surface area contributed by atoms with Gasteiger partial charge in [0.2, 0.25) is 11.9 Å². The number of aryl methyl sites for hydroxylation is 1. The molecule has 0 saturated heterocycles. The molecule has 2 aliphatic rings. The van der Waals surface area contributed by atoms with Gasteiger partial charge in [0, 0.05) is 49.7 Å². The van der Waals surface area contributed by atoms with Crippen molar-refractivity contribution in [3.05, 3.63) is 47.2 Å². The van der Waals surface area contributed by atoms with Gasteiger partial charge in [-0.25, -0.2) is 4.98 Å². The number of benzene rings is 1. The van der Waals surface area contributed by atoms with Gasteiger partial charge in [0.15, 0.2) is 0 Å². The Hall–Kier alpha value is -3.34. The minimum atomic E-state index is -0.349. The van der Waals surface area contributed by atoms with Gasteiger partial charge in [-0.3, -0.25) is 29.4 Å². The lowest BCUT2D eigenvalue weighted by molar-refractivity contribution is -0.149. The van der Waals surface area contributed by atoms with E-state index in [4.69, 9.17) is 4.74 Å². The summed E-state index contributed by atoms with van der Waals surface area (Å²) in [6.07, 6.45) is 9.81. The Kier molecular flexibility index (Phi) is 7.50. The number of ether oxygens (including phenoxy) is 1. The van der Waals surface area contributed by atoms with Crippen molar-refractivity contribution in [2.45, 2.75) is 32.6 Å². The number of anilines is 1. The minimum Gasteiger partial charge on any atom is -0.465 e. The molecule has 1 fully saturated rings. The topological polar surface area (TPSA) is 115 Å². The van der Waals surface area contributed by atoms with E-state index in [2.05, 4.69) is 41.2 Å². The van der Waals surface area contributed by atoms with Gasteiger partial charge in [-0.1, -0.05) is 6.92 Å². The molecular formula is C26H30BrN7O3. The van der Waals surface area contributed by atoms with E-state index in [9.17, 15) is 9.59 Å². The quantitative estimate of drug-likeness (QED) is 0.393. The molecule has 0 spiro atoms. The summed E-state index contributed by atoms with van der Waals surface area (Å²) < 4.78 is 8.39. The van der Waals surface area contributed by atoms with Crippen LogP contribution in [0.1, 0.15) is 31.9 Å². The Morgan fingerprint density at radius 1 is 1.24 bits per heavy atom. The lowest BCUT2D eigenvalue weighted by atomic mass is 9.85.